The number of hydrogen-bond acceptors (Lipinski definition) is 4. The van der Waals surface area contributed by atoms with Gasteiger partial charge < -0.3 is 9.72 Å². The molecular weight excluding hydrogens is 254 g/mol. The van der Waals surface area contributed by atoms with Crippen molar-refractivity contribution >= 4 is 5.71 Å². The standard InChI is InChI=1S/C15H15N3O2/c1-9-4-2-3-5-10(9)13(16)14-17-12-6-7-20-8-11(12)15(19)18-14/h2-5,16H,6-8H2,1H3,(H,17,18,19). The molecule has 5 heteroatoms. The Morgan fingerprint density at radius 1 is 1.40 bits per heavy atom. The third-order valence-electron chi connectivity index (χ3n) is 3.48. The van der Waals surface area contributed by atoms with Crippen LogP contribution in [0.2, 0.25) is 0 Å². The van der Waals surface area contributed by atoms with Crippen molar-refractivity contribution in [1.29, 1.82) is 5.41 Å². The molecule has 0 unspecified atom stereocenters. The average Bonchev–Trinajstić information content (AvgIpc) is 2.47. The molecule has 0 saturated carbocycles. The van der Waals surface area contributed by atoms with Crippen LogP contribution in [0.3, 0.4) is 0 Å². The van der Waals surface area contributed by atoms with E-state index in [1.165, 1.54) is 0 Å². The van der Waals surface area contributed by atoms with E-state index in [-0.39, 0.29) is 11.3 Å². The molecule has 2 N–H and O–H groups in total. The lowest BCUT2D eigenvalue weighted by Gasteiger charge is -2.16. The Kier molecular flexibility index (Phi) is 3.20. The van der Waals surface area contributed by atoms with Crippen LogP contribution in [0, 0.1) is 12.3 Å². The largest absolute Gasteiger partial charge is 0.376 e. The summed E-state index contributed by atoms with van der Waals surface area (Å²) in [5, 5.41) is 8.26. The van der Waals surface area contributed by atoms with Gasteiger partial charge in [-0.25, -0.2) is 4.98 Å². The van der Waals surface area contributed by atoms with Gasteiger partial charge in [-0.15, -0.1) is 0 Å². The fourth-order valence-corrected chi connectivity index (χ4v) is 2.34. The van der Waals surface area contributed by atoms with Gasteiger partial charge in [0.15, 0.2) is 5.82 Å². The molecule has 0 spiro atoms. The van der Waals surface area contributed by atoms with Crippen LogP contribution < -0.4 is 5.56 Å². The quantitative estimate of drug-likeness (QED) is 0.812. The zero-order valence-electron chi connectivity index (χ0n) is 11.2. The first-order chi connectivity index (χ1) is 9.66. The lowest BCUT2D eigenvalue weighted by atomic mass is 10.0. The van der Waals surface area contributed by atoms with Gasteiger partial charge in [0.1, 0.15) is 5.71 Å². The molecule has 20 heavy (non-hydrogen) atoms. The summed E-state index contributed by atoms with van der Waals surface area (Å²) in [6.45, 7) is 2.81. The number of H-pyrrole nitrogens is 1. The highest BCUT2D eigenvalue weighted by atomic mass is 16.5. The highest BCUT2D eigenvalue weighted by Crippen LogP contribution is 2.14. The second kappa shape index (κ2) is 5.02. The van der Waals surface area contributed by atoms with Gasteiger partial charge in [-0.3, -0.25) is 10.2 Å². The number of ether oxygens (including phenoxy) is 1. The number of aromatic amines is 1. The van der Waals surface area contributed by atoms with E-state index in [2.05, 4.69) is 9.97 Å². The second-order valence-electron chi connectivity index (χ2n) is 4.83. The second-order valence-corrected chi connectivity index (χ2v) is 4.83. The molecular formula is C15H15N3O2. The molecule has 0 bridgehead atoms. The maximum Gasteiger partial charge on any atom is 0.256 e. The number of hydrogen-bond donors (Lipinski definition) is 2. The van der Waals surface area contributed by atoms with E-state index in [9.17, 15) is 4.79 Å². The van der Waals surface area contributed by atoms with Crippen LogP contribution in [-0.2, 0) is 17.8 Å². The Morgan fingerprint density at radius 2 is 2.20 bits per heavy atom. The van der Waals surface area contributed by atoms with Gasteiger partial charge in [0, 0.05) is 12.0 Å². The van der Waals surface area contributed by atoms with Crippen molar-refractivity contribution in [3.63, 3.8) is 0 Å². The lowest BCUT2D eigenvalue weighted by molar-refractivity contribution is 0.108. The Bertz CT molecular complexity index is 734. The van der Waals surface area contributed by atoms with E-state index in [4.69, 9.17) is 10.1 Å². The topological polar surface area (TPSA) is 78.8 Å². The monoisotopic (exact) mass is 269 g/mol. The molecule has 0 amide bonds. The SMILES string of the molecule is Cc1ccccc1C(=N)c1nc2c(c(=O)[nH]1)COCC2. The van der Waals surface area contributed by atoms with Crippen LogP contribution in [0.15, 0.2) is 29.1 Å². The molecule has 102 valence electrons. The van der Waals surface area contributed by atoms with Crippen molar-refractivity contribution in [2.24, 2.45) is 0 Å². The summed E-state index contributed by atoms with van der Waals surface area (Å²) in [5.74, 6) is 0.324. The molecule has 1 aromatic carbocycles. The molecule has 0 aliphatic carbocycles. The fraction of sp³-hybridized carbons (Fsp3) is 0.267. The number of fused-ring (bicyclic) bond motifs is 1. The summed E-state index contributed by atoms with van der Waals surface area (Å²) in [6, 6.07) is 7.60. The smallest absolute Gasteiger partial charge is 0.256 e. The van der Waals surface area contributed by atoms with E-state index in [0.29, 0.717) is 31.0 Å². The van der Waals surface area contributed by atoms with Crippen LogP contribution in [0.25, 0.3) is 0 Å². The van der Waals surface area contributed by atoms with Crippen LogP contribution >= 0.6 is 0 Å². The summed E-state index contributed by atoms with van der Waals surface area (Å²) in [5.41, 5.74) is 3.13. The average molecular weight is 269 g/mol. The summed E-state index contributed by atoms with van der Waals surface area (Å²) < 4.78 is 5.27. The van der Waals surface area contributed by atoms with Crippen molar-refractivity contribution in [1.82, 2.24) is 9.97 Å². The predicted molar refractivity (Wildman–Crippen MR) is 75.3 cm³/mol. The van der Waals surface area contributed by atoms with Gasteiger partial charge in [-0.05, 0) is 12.5 Å². The fourth-order valence-electron chi connectivity index (χ4n) is 2.34. The maximum absolute atomic E-state index is 12.0. The minimum absolute atomic E-state index is 0.206. The number of nitrogens with zero attached hydrogens (tertiary/aromatic N) is 1. The third-order valence-corrected chi connectivity index (χ3v) is 3.48. The van der Waals surface area contributed by atoms with Gasteiger partial charge in [0.2, 0.25) is 0 Å². The van der Waals surface area contributed by atoms with Crippen LogP contribution in [-0.4, -0.2) is 22.3 Å². The Morgan fingerprint density at radius 3 is 3.00 bits per heavy atom. The summed E-state index contributed by atoms with van der Waals surface area (Å²) >= 11 is 0. The minimum Gasteiger partial charge on any atom is -0.376 e. The lowest BCUT2D eigenvalue weighted by Crippen LogP contribution is -2.27. The van der Waals surface area contributed by atoms with Crippen LogP contribution in [0.5, 0.6) is 0 Å². The van der Waals surface area contributed by atoms with Crippen molar-refractivity contribution in [2.45, 2.75) is 20.0 Å². The Hall–Kier alpha value is -2.27. The van der Waals surface area contributed by atoms with Crippen molar-refractivity contribution < 1.29 is 4.74 Å². The molecule has 1 aliphatic heterocycles. The summed E-state index contributed by atoms with van der Waals surface area (Å²) in [4.78, 5) is 19.2. The highest BCUT2D eigenvalue weighted by Gasteiger charge is 2.18. The third kappa shape index (κ3) is 2.16. The predicted octanol–water partition coefficient (Wildman–Crippen LogP) is 1.57. The van der Waals surface area contributed by atoms with Crippen molar-refractivity contribution in [2.75, 3.05) is 6.61 Å². The first-order valence-electron chi connectivity index (χ1n) is 6.51. The number of benzene rings is 1. The van der Waals surface area contributed by atoms with Crippen LogP contribution in [0.4, 0.5) is 0 Å². The number of aromatic nitrogens is 2. The zero-order valence-corrected chi connectivity index (χ0v) is 11.2. The molecule has 1 aromatic heterocycles. The molecule has 2 heterocycles. The summed E-state index contributed by atoms with van der Waals surface area (Å²) in [6.07, 6.45) is 0.618. The van der Waals surface area contributed by atoms with E-state index in [1.807, 2.05) is 31.2 Å². The normalized spacial score (nSPS) is 13.8. The minimum atomic E-state index is -0.206. The number of nitrogens with one attached hydrogen (secondary N) is 2. The van der Waals surface area contributed by atoms with Crippen molar-refractivity contribution in [3.05, 3.63) is 62.8 Å². The van der Waals surface area contributed by atoms with Crippen LogP contribution in [0.1, 0.15) is 28.2 Å². The molecule has 0 saturated heterocycles. The van der Waals surface area contributed by atoms with E-state index < -0.39 is 0 Å². The zero-order chi connectivity index (χ0) is 14.1. The van der Waals surface area contributed by atoms with E-state index in [0.717, 1.165) is 16.8 Å². The summed E-state index contributed by atoms with van der Waals surface area (Å²) in [7, 11) is 0. The molecule has 0 atom stereocenters. The highest BCUT2D eigenvalue weighted by molar-refractivity contribution is 6.09. The number of aryl methyl sites for hydroxylation is 1. The first-order valence-corrected chi connectivity index (χ1v) is 6.51. The van der Waals surface area contributed by atoms with E-state index >= 15 is 0 Å². The molecule has 2 aromatic rings. The first kappa shape index (κ1) is 12.7. The van der Waals surface area contributed by atoms with Gasteiger partial charge in [-0.2, -0.15) is 0 Å². The maximum atomic E-state index is 12.0. The number of rotatable bonds is 2. The molecule has 0 fully saturated rings. The van der Waals surface area contributed by atoms with Gasteiger partial charge >= 0.3 is 0 Å². The Balaban J connectivity index is 2.07. The molecule has 3 rings (SSSR count). The van der Waals surface area contributed by atoms with Gasteiger partial charge in [0.05, 0.1) is 24.5 Å². The van der Waals surface area contributed by atoms with Crippen molar-refractivity contribution in [3.8, 4) is 0 Å². The van der Waals surface area contributed by atoms with E-state index in [1.54, 1.807) is 0 Å². The van der Waals surface area contributed by atoms with Gasteiger partial charge in [-0.1, -0.05) is 24.3 Å². The van der Waals surface area contributed by atoms with Gasteiger partial charge in [0.25, 0.3) is 5.56 Å². The molecule has 1 aliphatic rings. The molecule has 0 radical (unpaired) electrons. The molecule has 5 nitrogen and oxygen atoms in total. The Labute approximate surface area is 116 Å².